The van der Waals surface area contributed by atoms with E-state index in [4.69, 9.17) is 4.74 Å². The molecule has 0 aliphatic carbocycles. The number of fused-ring (bicyclic) bond motifs is 1. The van der Waals surface area contributed by atoms with Crippen LogP contribution in [0.2, 0.25) is 0 Å². The third-order valence-electron chi connectivity index (χ3n) is 3.53. The molecule has 0 spiro atoms. The Morgan fingerprint density at radius 1 is 1.55 bits per heavy atom. The van der Waals surface area contributed by atoms with E-state index in [0.29, 0.717) is 5.65 Å². The standard InChI is InChI=1S/C11H15N5O4/c1-12-6-5(2-17)20-11(8(6)18)16-4-15-7-9(16)13-3-14-10(7)19/h3-6,8,11-12,17-18H,2H2,1H3,(H,13,14,19)/t5-,6-,8-,11+/m1/s1. The molecule has 20 heavy (non-hydrogen) atoms. The number of aromatic amines is 1. The molecular formula is C11H15N5O4. The summed E-state index contributed by atoms with van der Waals surface area (Å²) < 4.78 is 7.12. The van der Waals surface area contributed by atoms with E-state index >= 15 is 0 Å². The molecule has 0 saturated carbocycles. The second-order valence-electron chi connectivity index (χ2n) is 4.61. The quantitative estimate of drug-likeness (QED) is 0.510. The van der Waals surface area contributed by atoms with Gasteiger partial charge in [0.2, 0.25) is 0 Å². The number of likely N-dealkylation sites (N-methyl/N-ethyl adjacent to an activating group) is 1. The molecule has 0 amide bonds. The first-order valence-electron chi connectivity index (χ1n) is 6.19. The van der Waals surface area contributed by atoms with Crippen molar-refractivity contribution in [3.63, 3.8) is 0 Å². The van der Waals surface area contributed by atoms with Gasteiger partial charge in [0.15, 0.2) is 17.4 Å². The fourth-order valence-electron chi connectivity index (χ4n) is 2.53. The zero-order chi connectivity index (χ0) is 14.3. The minimum absolute atomic E-state index is 0.178. The van der Waals surface area contributed by atoms with Crippen LogP contribution in [-0.4, -0.2) is 61.6 Å². The molecule has 9 nitrogen and oxygen atoms in total. The van der Waals surface area contributed by atoms with Gasteiger partial charge in [-0.15, -0.1) is 0 Å². The molecule has 0 bridgehead atoms. The Kier molecular flexibility index (Phi) is 3.26. The maximum absolute atomic E-state index is 11.6. The first kappa shape index (κ1) is 13.2. The summed E-state index contributed by atoms with van der Waals surface area (Å²) in [7, 11) is 1.68. The molecule has 0 aromatic carbocycles. The first-order chi connectivity index (χ1) is 9.67. The van der Waals surface area contributed by atoms with Crippen molar-refractivity contribution in [2.45, 2.75) is 24.5 Å². The van der Waals surface area contributed by atoms with Crippen LogP contribution in [0.5, 0.6) is 0 Å². The molecule has 1 saturated heterocycles. The summed E-state index contributed by atoms with van der Waals surface area (Å²) >= 11 is 0. The van der Waals surface area contributed by atoms with Gasteiger partial charge in [0.05, 0.1) is 25.3 Å². The predicted octanol–water partition coefficient (Wildman–Crippen LogP) is -2.04. The molecule has 0 radical (unpaired) electrons. The number of H-pyrrole nitrogens is 1. The molecule has 3 heterocycles. The maximum atomic E-state index is 11.6. The average molecular weight is 281 g/mol. The Morgan fingerprint density at radius 3 is 3.00 bits per heavy atom. The average Bonchev–Trinajstić information content (AvgIpc) is 3.00. The lowest BCUT2D eigenvalue weighted by molar-refractivity contribution is -0.0489. The number of imidazole rings is 1. The third-order valence-corrected chi connectivity index (χ3v) is 3.53. The van der Waals surface area contributed by atoms with Crippen molar-refractivity contribution < 1.29 is 14.9 Å². The number of rotatable bonds is 3. The van der Waals surface area contributed by atoms with Crippen LogP contribution < -0.4 is 10.9 Å². The summed E-state index contributed by atoms with van der Waals surface area (Å²) in [4.78, 5) is 22.1. The molecule has 4 atom stereocenters. The molecule has 1 aliphatic rings. The molecule has 1 aliphatic heterocycles. The summed E-state index contributed by atoms with van der Waals surface area (Å²) in [5.74, 6) is 0. The Morgan fingerprint density at radius 2 is 2.35 bits per heavy atom. The second kappa shape index (κ2) is 4.94. The van der Waals surface area contributed by atoms with Crippen molar-refractivity contribution in [2.24, 2.45) is 0 Å². The van der Waals surface area contributed by atoms with E-state index in [9.17, 15) is 15.0 Å². The fraction of sp³-hybridized carbons (Fsp3) is 0.545. The number of nitrogens with one attached hydrogen (secondary N) is 2. The van der Waals surface area contributed by atoms with E-state index < -0.39 is 24.5 Å². The molecule has 2 aromatic rings. The summed E-state index contributed by atoms with van der Waals surface area (Å²) in [5.41, 5.74) is 0.146. The van der Waals surface area contributed by atoms with Crippen molar-refractivity contribution in [3.05, 3.63) is 23.0 Å². The van der Waals surface area contributed by atoms with Gasteiger partial charge < -0.3 is 25.3 Å². The van der Waals surface area contributed by atoms with E-state index in [2.05, 4.69) is 20.3 Å². The highest BCUT2D eigenvalue weighted by molar-refractivity contribution is 5.68. The molecule has 9 heteroatoms. The highest BCUT2D eigenvalue weighted by Gasteiger charge is 2.44. The minimum atomic E-state index is -0.893. The van der Waals surface area contributed by atoms with E-state index in [1.54, 1.807) is 7.05 Å². The summed E-state index contributed by atoms with van der Waals surface area (Å²) in [6.07, 6.45) is 0.468. The summed E-state index contributed by atoms with van der Waals surface area (Å²) in [5, 5.41) is 22.5. The number of aliphatic hydroxyl groups is 2. The van der Waals surface area contributed by atoms with Crippen LogP contribution >= 0.6 is 0 Å². The van der Waals surface area contributed by atoms with E-state index in [1.165, 1.54) is 17.2 Å². The van der Waals surface area contributed by atoms with E-state index in [0.717, 1.165) is 0 Å². The van der Waals surface area contributed by atoms with Gasteiger partial charge in [0.1, 0.15) is 12.2 Å². The minimum Gasteiger partial charge on any atom is -0.394 e. The molecule has 1 fully saturated rings. The van der Waals surface area contributed by atoms with Crippen LogP contribution in [0.15, 0.2) is 17.4 Å². The van der Waals surface area contributed by atoms with Gasteiger partial charge in [-0.25, -0.2) is 9.97 Å². The number of ether oxygens (including phenoxy) is 1. The lowest BCUT2D eigenvalue weighted by atomic mass is 10.1. The molecule has 108 valence electrons. The smallest absolute Gasteiger partial charge is 0.278 e. The molecule has 4 N–H and O–H groups in total. The number of aromatic nitrogens is 4. The highest BCUT2D eigenvalue weighted by atomic mass is 16.5. The van der Waals surface area contributed by atoms with Crippen molar-refractivity contribution in [2.75, 3.05) is 13.7 Å². The Bertz CT molecular complexity index is 668. The number of hydrogen-bond donors (Lipinski definition) is 4. The van der Waals surface area contributed by atoms with Crippen molar-refractivity contribution in [1.29, 1.82) is 0 Å². The van der Waals surface area contributed by atoms with Crippen LogP contribution in [-0.2, 0) is 4.74 Å². The molecule has 3 rings (SSSR count). The number of nitrogens with zero attached hydrogens (tertiary/aromatic N) is 3. The van der Waals surface area contributed by atoms with Crippen LogP contribution in [0.25, 0.3) is 11.2 Å². The Balaban J connectivity index is 2.04. The Labute approximate surface area is 113 Å². The first-order valence-corrected chi connectivity index (χ1v) is 6.19. The van der Waals surface area contributed by atoms with Gasteiger partial charge in [-0.2, -0.15) is 0 Å². The van der Waals surface area contributed by atoms with Gasteiger partial charge in [0.25, 0.3) is 5.56 Å². The van der Waals surface area contributed by atoms with Gasteiger partial charge >= 0.3 is 0 Å². The van der Waals surface area contributed by atoms with Crippen LogP contribution in [0.4, 0.5) is 0 Å². The Hall–Kier alpha value is -1.81. The van der Waals surface area contributed by atoms with Crippen LogP contribution in [0.1, 0.15) is 6.23 Å². The third kappa shape index (κ3) is 1.83. The van der Waals surface area contributed by atoms with E-state index in [1.807, 2.05) is 0 Å². The van der Waals surface area contributed by atoms with Crippen molar-refractivity contribution in [3.8, 4) is 0 Å². The van der Waals surface area contributed by atoms with Crippen molar-refractivity contribution in [1.82, 2.24) is 24.8 Å². The van der Waals surface area contributed by atoms with Crippen LogP contribution in [0, 0.1) is 0 Å². The topological polar surface area (TPSA) is 125 Å². The molecular weight excluding hydrogens is 266 g/mol. The summed E-state index contributed by atoms with van der Waals surface area (Å²) in [6, 6.07) is -0.413. The van der Waals surface area contributed by atoms with Gasteiger partial charge in [0, 0.05) is 0 Å². The maximum Gasteiger partial charge on any atom is 0.278 e. The lowest BCUT2D eigenvalue weighted by Crippen LogP contribution is -2.43. The van der Waals surface area contributed by atoms with Gasteiger partial charge in [-0.05, 0) is 7.05 Å². The fourth-order valence-corrected chi connectivity index (χ4v) is 2.53. The zero-order valence-electron chi connectivity index (χ0n) is 10.7. The normalized spacial score (nSPS) is 30.1. The van der Waals surface area contributed by atoms with Crippen molar-refractivity contribution >= 4 is 11.2 Å². The molecule has 2 aromatic heterocycles. The van der Waals surface area contributed by atoms with E-state index in [-0.39, 0.29) is 17.7 Å². The number of aliphatic hydroxyl groups excluding tert-OH is 2. The monoisotopic (exact) mass is 281 g/mol. The largest absolute Gasteiger partial charge is 0.394 e. The lowest BCUT2D eigenvalue weighted by Gasteiger charge is -2.18. The number of hydrogen-bond acceptors (Lipinski definition) is 7. The van der Waals surface area contributed by atoms with Gasteiger partial charge in [-0.3, -0.25) is 9.36 Å². The zero-order valence-corrected chi connectivity index (χ0v) is 10.7. The summed E-state index contributed by atoms with van der Waals surface area (Å²) in [6.45, 7) is -0.223. The van der Waals surface area contributed by atoms with Gasteiger partial charge in [-0.1, -0.05) is 0 Å². The SMILES string of the molecule is CN[C@H]1[C@@H](O)[C@@H](n2cnc3c(=O)[nH]cnc32)O[C@@H]1CO. The molecule has 0 unspecified atom stereocenters. The highest BCUT2D eigenvalue weighted by Crippen LogP contribution is 2.30. The van der Waals surface area contributed by atoms with Crippen LogP contribution in [0.3, 0.4) is 0 Å². The predicted molar refractivity (Wildman–Crippen MR) is 68.0 cm³/mol. The second-order valence-corrected chi connectivity index (χ2v) is 4.61.